The quantitative estimate of drug-likeness (QED) is 0.0327. The lowest BCUT2D eigenvalue weighted by Gasteiger charge is -2.27. The van der Waals surface area contributed by atoms with Crippen LogP contribution in [0.5, 0.6) is 0 Å². The monoisotopic (exact) mass is 781 g/mol. The van der Waals surface area contributed by atoms with Crippen LogP contribution in [-0.4, -0.2) is 181 Å². The van der Waals surface area contributed by atoms with Gasteiger partial charge in [-0.05, 0) is 25.8 Å². The summed E-state index contributed by atoms with van der Waals surface area (Å²) in [6.45, 7) is 10.3. The number of nitrogens with one attached hydrogen (secondary N) is 6. The Hall–Kier alpha value is -3.21. The summed E-state index contributed by atoms with van der Waals surface area (Å²) in [6, 6.07) is -3.35. The molecule has 0 saturated heterocycles. The normalized spacial score (nSPS) is 12.9. The third-order valence-corrected chi connectivity index (χ3v) is 7.40. The van der Waals surface area contributed by atoms with Gasteiger partial charge in [0, 0.05) is 33.7 Å². The lowest BCUT2D eigenvalue weighted by Crippen LogP contribution is -2.58. The molecule has 0 radical (unpaired) electrons. The fourth-order valence-electron chi connectivity index (χ4n) is 4.37. The first-order chi connectivity index (χ1) is 26.1. The number of carbonyl (C=O) groups is 5. The van der Waals surface area contributed by atoms with E-state index in [1.807, 2.05) is 0 Å². The Kier molecular flexibility index (Phi) is 33.4. The molecule has 0 heterocycles. The van der Waals surface area contributed by atoms with Crippen molar-refractivity contribution in [1.29, 1.82) is 0 Å². The molecule has 0 unspecified atom stereocenters. The van der Waals surface area contributed by atoms with Gasteiger partial charge in [-0.15, -0.1) is 0 Å². The van der Waals surface area contributed by atoms with Crippen molar-refractivity contribution in [3.05, 3.63) is 0 Å². The average molecular weight is 782 g/mol. The Morgan fingerprint density at radius 1 is 0.574 bits per heavy atom. The van der Waals surface area contributed by atoms with Crippen LogP contribution in [0.25, 0.3) is 0 Å². The maximum atomic E-state index is 13.1. The molecule has 0 aliphatic heterocycles. The highest BCUT2D eigenvalue weighted by molar-refractivity contribution is 5.93. The summed E-state index contributed by atoms with van der Waals surface area (Å²) in [7, 11) is 4.63. The Bertz CT molecular complexity index is 998. The second kappa shape index (κ2) is 35.5. The van der Waals surface area contributed by atoms with Gasteiger partial charge in [0.2, 0.25) is 23.6 Å². The number of urea groups is 1. The maximum absolute atomic E-state index is 13.1. The summed E-state index contributed by atoms with van der Waals surface area (Å²) in [5, 5.41) is 15.9. The van der Waals surface area contributed by atoms with Crippen LogP contribution in [0, 0.1) is 5.92 Å². The lowest BCUT2D eigenvalue weighted by atomic mass is 10.0. The maximum Gasteiger partial charge on any atom is 0.312 e. The standard InChI is InChI=1S/C34H67N7O13/c1-26(2)30(33(45)40-27(31(43)37-4)7-6-9-38-34(35)46)41-32(44)28(36-3)25-39-29(42)8-10-48-13-14-50-17-18-52-21-22-54-24-23-53-20-19-51-16-15-49-12-11-47-5/h26-28,30,36H,6-25H2,1-5H3,(H,37,43)(H,39,42)(H,40,45)(H,41,44)(H3,35,38,46)/t27-,28-,30-/m0/s1. The van der Waals surface area contributed by atoms with Crippen molar-refractivity contribution in [2.75, 3.05) is 133 Å². The number of hydrogen-bond acceptors (Lipinski definition) is 14. The van der Waals surface area contributed by atoms with E-state index in [2.05, 4.69) is 31.9 Å². The van der Waals surface area contributed by atoms with Crippen molar-refractivity contribution < 1.29 is 61.9 Å². The number of rotatable bonds is 37. The molecule has 8 N–H and O–H groups in total. The SMILES string of the molecule is CNC(=O)[C@H](CCCNC(N)=O)NC(=O)[C@@H](NC(=O)[C@H](CNC(=O)CCOCCOCCOCCOCCOCCOCCOCCOC)NC)C(C)C. The van der Waals surface area contributed by atoms with Gasteiger partial charge in [-0.1, -0.05) is 13.8 Å². The van der Waals surface area contributed by atoms with Crippen molar-refractivity contribution in [2.24, 2.45) is 11.7 Å². The van der Waals surface area contributed by atoms with Crippen LogP contribution in [0.1, 0.15) is 33.1 Å². The van der Waals surface area contributed by atoms with E-state index >= 15 is 0 Å². The minimum Gasteiger partial charge on any atom is -0.382 e. The van der Waals surface area contributed by atoms with E-state index < -0.39 is 41.9 Å². The zero-order chi connectivity index (χ0) is 40.2. The molecule has 54 heavy (non-hydrogen) atoms. The molecule has 0 aromatic rings. The molecular formula is C34H67N7O13. The first-order valence-corrected chi connectivity index (χ1v) is 18.4. The number of amides is 6. The van der Waals surface area contributed by atoms with Gasteiger partial charge in [0.15, 0.2) is 0 Å². The van der Waals surface area contributed by atoms with E-state index in [0.717, 1.165) is 0 Å². The van der Waals surface area contributed by atoms with Crippen molar-refractivity contribution >= 4 is 29.7 Å². The van der Waals surface area contributed by atoms with Crippen LogP contribution >= 0.6 is 0 Å². The number of methoxy groups -OCH3 is 1. The molecule has 0 bridgehead atoms. The van der Waals surface area contributed by atoms with E-state index in [-0.39, 0.29) is 44.4 Å². The minimum atomic E-state index is -0.952. The fourth-order valence-corrected chi connectivity index (χ4v) is 4.37. The summed E-state index contributed by atoms with van der Waals surface area (Å²) in [6.07, 6.45) is 0.706. The number of primary amides is 1. The Labute approximate surface area is 319 Å². The molecule has 20 heteroatoms. The zero-order valence-corrected chi connectivity index (χ0v) is 32.8. The molecule has 0 aromatic heterocycles. The third-order valence-electron chi connectivity index (χ3n) is 7.40. The van der Waals surface area contributed by atoms with Crippen LogP contribution in [-0.2, 0) is 57.1 Å². The van der Waals surface area contributed by atoms with E-state index in [4.69, 9.17) is 43.6 Å². The predicted octanol–water partition coefficient (Wildman–Crippen LogP) is -2.34. The van der Waals surface area contributed by atoms with Crippen molar-refractivity contribution in [2.45, 2.75) is 51.2 Å². The topological polar surface area (TPSA) is 257 Å². The molecule has 0 rings (SSSR count). The molecule has 0 aliphatic carbocycles. The average Bonchev–Trinajstić information content (AvgIpc) is 3.14. The fraction of sp³-hybridized carbons (Fsp3) is 0.853. The predicted molar refractivity (Wildman–Crippen MR) is 198 cm³/mol. The van der Waals surface area contributed by atoms with Gasteiger partial charge in [0.1, 0.15) is 18.1 Å². The molecule has 0 spiro atoms. The smallest absolute Gasteiger partial charge is 0.312 e. The molecule has 316 valence electrons. The van der Waals surface area contributed by atoms with Gasteiger partial charge < -0.3 is 75.5 Å². The number of ether oxygens (including phenoxy) is 8. The Morgan fingerprint density at radius 2 is 1.04 bits per heavy atom. The number of carbonyl (C=O) groups excluding carboxylic acids is 5. The molecule has 3 atom stereocenters. The number of likely N-dealkylation sites (N-methyl/N-ethyl adjacent to an activating group) is 2. The van der Waals surface area contributed by atoms with Crippen LogP contribution in [0.2, 0.25) is 0 Å². The van der Waals surface area contributed by atoms with E-state index in [0.29, 0.717) is 98.9 Å². The van der Waals surface area contributed by atoms with Crippen LogP contribution < -0.4 is 37.6 Å². The van der Waals surface area contributed by atoms with Crippen molar-refractivity contribution in [3.8, 4) is 0 Å². The summed E-state index contributed by atoms with van der Waals surface area (Å²) >= 11 is 0. The number of nitrogens with two attached hydrogens (primary N) is 1. The molecule has 0 aromatic carbocycles. The van der Waals surface area contributed by atoms with Crippen molar-refractivity contribution in [1.82, 2.24) is 31.9 Å². The van der Waals surface area contributed by atoms with Gasteiger partial charge in [-0.3, -0.25) is 19.2 Å². The lowest BCUT2D eigenvalue weighted by molar-refractivity contribution is -0.133. The third kappa shape index (κ3) is 29.2. The van der Waals surface area contributed by atoms with E-state index in [1.54, 1.807) is 28.0 Å². The second-order valence-electron chi connectivity index (χ2n) is 12.0. The first kappa shape index (κ1) is 50.8. The first-order valence-electron chi connectivity index (χ1n) is 18.4. The molecule has 0 fully saturated rings. The van der Waals surface area contributed by atoms with Crippen LogP contribution in [0.4, 0.5) is 4.79 Å². The van der Waals surface area contributed by atoms with Gasteiger partial charge in [0.05, 0.1) is 99.1 Å². The van der Waals surface area contributed by atoms with E-state index in [1.165, 1.54) is 7.05 Å². The highest BCUT2D eigenvalue weighted by Gasteiger charge is 2.30. The molecule has 20 nitrogen and oxygen atoms in total. The Balaban J connectivity index is 4.03. The number of hydrogen-bond donors (Lipinski definition) is 7. The van der Waals surface area contributed by atoms with Gasteiger partial charge in [0.25, 0.3) is 0 Å². The summed E-state index contributed by atoms with van der Waals surface area (Å²) in [5.74, 6) is -2.08. The second-order valence-corrected chi connectivity index (χ2v) is 12.0. The summed E-state index contributed by atoms with van der Waals surface area (Å²) in [4.78, 5) is 61.7. The highest BCUT2D eigenvalue weighted by Crippen LogP contribution is 2.06. The zero-order valence-electron chi connectivity index (χ0n) is 32.8. The molecule has 6 amide bonds. The van der Waals surface area contributed by atoms with Gasteiger partial charge in [-0.25, -0.2) is 4.79 Å². The highest BCUT2D eigenvalue weighted by atomic mass is 16.6. The summed E-state index contributed by atoms with van der Waals surface area (Å²) in [5.41, 5.74) is 5.06. The summed E-state index contributed by atoms with van der Waals surface area (Å²) < 4.78 is 42.8. The van der Waals surface area contributed by atoms with Crippen molar-refractivity contribution in [3.63, 3.8) is 0 Å². The Morgan fingerprint density at radius 3 is 1.44 bits per heavy atom. The van der Waals surface area contributed by atoms with Crippen LogP contribution in [0.15, 0.2) is 0 Å². The molecule has 0 aliphatic rings. The van der Waals surface area contributed by atoms with Gasteiger partial charge in [-0.2, -0.15) is 0 Å². The van der Waals surface area contributed by atoms with Crippen LogP contribution in [0.3, 0.4) is 0 Å². The largest absolute Gasteiger partial charge is 0.382 e. The van der Waals surface area contributed by atoms with Gasteiger partial charge >= 0.3 is 6.03 Å². The van der Waals surface area contributed by atoms with E-state index in [9.17, 15) is 24.0 Å². The molecular weight excluding hydrogens is 714 g/mol. The minimum absolute atomic E-state index is 0.0220. The molecule has 0 saturated carbocycles.